The monoisotopic (exact) mass is 876 g/mol. The minimum atomic E-state index is -4.86. The SMILES string of the molecule is CC1(C)C(=O)N(c2ccc(C#N)c(C(F)(F)F)c2)C(S)N1c1ccc(OCCN2CCN(CC(=O)Nc3cc(Cl)cc(NC4CCC(=O)NC4=O)c3)CC2)c(CC(F)F)c1. The van der Waals surface area contributed by atoms with Crippen molar-refractivity contribution in [1.82, 2.24) is 15.1 Å². The molecule has 13 nitrogen and oxygen atoms in total. The fraction of sp³-hybridized carbons (Fsp3) is 0.425. The Hall–Kier alpha value is -5.16. The first-order valence-corrected chi connectivity index (χ1v) is 19.8. The zero-order chi connectivity index (χ0) is 43.5. The third-order valence-electron chi connectivity index (χ3n) is 10.5. The molecule has 0 spiro atoms. The molecule has 3 fully saturated rings. The van der Waals surface area contributed by atoms with Gasteiger partial charge in [0.15, 0.2) is 5.50 Å². The highest BCUT2D eigenvalue weighted by atomic mass is 35.5. The van der Waals surface area contributed by atoms with E-state index in [9.17, 15) is 46.4 Å². The number of carbonyl (C=O) groups excluding carboxylic acids is 4. The summed E-state index contributed by atoms with van der Waals surface area (Å²) in [5.41, 5.74) is -2.99. The van der Waals surface area contributed by atoms with Gasteiger partial charge in [-0.25, -0.2) is 8.78 Å². The molecule has 2 unspecified atom stereocenters. The van der Waals surface area contributed by atoms with Crippen molar-refractivity contribution in [3.8, 4) is 11.8 Å². The van der Waals surface area contributed by atoms with Crippen LogP contribution in [-0.2, 0) is 31.8 Å². The van der Waals surface area contributed by atoms with Gasteiger partial charge in [-0.05, 0) is 74.9 Å². The molecule has 3 aliphatic rings. The van der Waals surface area contributed by atoms with E-state index in [1.165, 1.54) is 29.2 Å². The van der Waals surface area contributed by atoms with E-state index in [-0.39, 0.29) is 48.4 Å². The lowest BCUT2D eigenvalue weighted by molar-refractivity contribution is -0.138. The van der Waals surface area contributed by atoms with Gasteiger partial charge in [-0.1, -0.05) is 11.6 Å². The van der Waals surface area contributed by atoms with Gasteiger partial charge in [0.25, 0.3) is 5.91 Å². The van der Waals surface area contributed by atoms with Crippen molar-refractivity contribution in [2.24, 2.45) is 0 Å². The number of benzene rings is 3. The van der Waals surface area contributed by atoms with Crippen LogP contribution in [0.4, 0.5) is 44.7 Å². The average Bonchev–Trinajstić information content (AvgIpc) is 3.34. The van der Waals surface area contributed by atoms with Gasteiger partial charge < -0.3 is 20.3 Å². The van der Waals surface area contributed by atoms with Crippen molar-refractivity contribution < 1.29 is 45.9 Å². The zero-order valence-corrected chi connectivity index (χ0v) is 34.1. The lowest BCUT2D eigenvalue weighted by Crippen LogP contribution is -2.49. The van der Waals surface area contributed by atoms with Gasteiger partial charge >= 0.3 is 6.18 Å². The number of thiol groups is 1. The number of piperazine rings is 1. The summed E-state index contributed by atoms with van der Waals surface area (Å²) in [6.07, 6.45) is -7.72. The highest BCUT2D eigenvalue weighted by Crippen LogP contribution is 2.43. The van der Waals surface area contributed by atoms with Crippen molar-refractivity contribution in [2.45, 2.75) is 62.8 Å². The number of hydrogen-bond donors (Lipinski definition) is 4. The summed E-state index contributed by atoms with van der Waals surface area (Å²) in [6, 6.07) is 13.3. The number of hydrogen-bond acceptors (Lipinski definition) is 11. The second-order valence-corrected chi connectivity index (χ2v) is 16.0. The Balaban J connectivity index is 1.03. The molecule has 0 aromatic heterocycles. The molecule has 0 saturated carbocycles. The van der Waals surface area contributed by atoms with Crippen LogP contribution in [0.3, 0.4) is 0 Å². The van der Waals surface area contributed by atoms with E-state index in [4.69, 9.17) is 16.3 Å². The molecule has 0 bridgehead atoms. The maximum absolute atomic E-state index is 13.9. The number of amides is 4. The van der Waals surface area contributed by atoms with Crippen LogP contribution in [0.5, 0.6) is 5.75 Å². The number of nitrogens with zero attached hydrogens (tertiary/aromatic N) is 5. The topological polar surface area (TPSA) is 150 Å². The lowest BCUT2D eigenvalue weighted by Gasteiger charge is -2.34. The minimum absolute atomic E-state index is 0.114. The molecule has 0 radical (unpaired) electrons. The van der Waals surface area contributed by atoms with Crippen LogP contribution in [-0.4, -0.2) is 103 Å². The maximum Gasteiger partial charge on any atom is 0.417 e. The summed E-state index contributed by atoms with van der Waals surface area (Å²) in [7, 11) is 0. The summed E-state index contributed by atoms with van der Waals surface area (Å²) < 4.78 is 75.0. The minimum Gasteiger partial charge on any atom is -0.492 e. The quantitative estimate of drug-likeness (QED) is 0.0953. The predicted molar refractivity (Wildman–Crippen MR) is 217 cm³/mol. The van der Waals surface area contributed by atoms with Crippen molar-refractivity contribution >= 4 is 70.6 Å². The van der Waals surface area contributed by atoms with Crippen LogP contribution >= 0.6 is 24.2 Å². The highest BCUT2D eigenvalue weighted by molar-refractivity contribution is 7.81. The Morgan fingerprint density at radius 3 is 2.37 bits per heavy atom. The standard InChI is InChI=1S/C40H42ClF5N8O5S/c1-39(2)37(58)53(28-4-3-23(21-47)30(20-28)40(44,45)46)38(60)54(39)29-5-7-32(24(15-29)16-33(42)43)59-14-13-51-9-11-52(12-10-51)22-35(56)49-27-18-25(41)17-26(19-27)48-31-6-8-34(55)50-36(31)57/h3-5,7,15,17-20,31,33,38,48,60H,6,8-14,16,22H2,1-2H3,(H,49,56)(H,50,55,57). The molecule has 3 N–H and O–H groups in total. The molecule has 3 aliphatic heterocycles. The summed E-state index contributed by atoms with van der Waals surface area (Å²) in [5.74, 6) is -1.41. The van der Waals surface area contributed by atoms with E-state index in [0.717, 1.165) is 17.0 Å². The summed E-state index contributed by atoms with van der Waals surface area (Å²) in [4.78, 5) is 57.0. The number of imide groups is 1. The molecule has 3 heterocycles. The number of halogens is 6. The fourth-order valence-corrected chi connectivity index (χ4v) is 8.34. The molecule has 0 aliphatic carbocycles. The number of anilines is 4. The molecular weight excluding hydrogens is 835 g/mol. The van der Waals surface area contributed by atoms with Gasteiger partial charge in [0.2, 0.25) is 24.1 Å². The van der Waals surface area contributed by atoms with Gasteiger partial charge in [-0.15, -0.1) is 12.6 Å². The molecule has 2 atom stereocenters. The van der Waals surface area contributed by atoms with Crippen LogP contribution < -0.4 is 30.5 Å². The van der Waals surface area contributed by atoms with Crippen LogP contribution in [0.1, 0.15) is 43.4 Å². The number of nitriles is 1. The number of nitrogens with one attached hydrogen (secondary N) is 3. The first-order valence-electron chi connectivity index (χ1n) is 19.0. The maximum atomic E-state index is 13.9. The van der Waals surface area contributed by atoms with Gasteiger partial charge in [0.05, 0.1) is 23.7 Å². The lowest BCUT2D eigenvalue weighted by atomic mass is 10.0. The van der Waals surface area contributed by atoms with Crippen LogP contribution in [0.25, 0.3) is 0 Å². The van der Waals surface area contributed by atoms with Crippen LogP contribution in [0.15, 0.2) is 54.6 Å². The second kappa shape index (κ2) is 18.2. The third kappa shape index (κ3) is 10.2. The van der Waals surface area contributed by atoms with Crippen LogP contribution in [0, 0.1) is 11.3 Å². The molecule has 3 aromatic carbocycles. The second-order valence-electron chi connectivity index (χ2n) is 15.1. The smallest absolute Gasteiger partial charge is 0.417 e. The van der Waals surface area contributed by atoms with Crippen LogP contribution in [0.2, 0.25) is 5.02 Å². The number of rotatable bonds is 13. The molecular formula is C40H42ClF5N8O5S. The van der Waals surface area contributed by atoms with E-state index in [1.54, 1.807) is 38.1 Å². The molecule has 320 valence electrons. The molecule has 4 amide bonds. The number of ether oxygens (including phenoxy) is 1. The molecule has 20 heteroatoms. The first-order chi connectivity index (χ1) is 28.3. The summed E-state index contributed by atoms with van der Waals surface area (Å²) in [5, 5.41) is 17.7. The normalized spacial score (nSPS) is 20.0. The number of piperidine rings is 1. The number of carbonyl (C=O) groups is 4. The fourth-order valence-electron chi connectivity index (χ4n) is 7.45. The summed E-state index contributed by atoms with van der Waals surface area (Å²) in [6.45, 7) is 6.21. The van der Waals surface area contributed by atoms with E-state index < -0.39 is 59.0 Å². The first kappa shape index (κ1) is 44.4. The van der Waals surface area contributed by atoms with Crippen molar-refractivity contribution in [3.05, 3.63) is 76.3 Å². The van der Waals surface area contributed by atoms with Gasteiger partial charge in [-0.3, -0.25) is 39.2 Å². The van der Waals surface area contributed by atoms with E-state index >= 15 is 0 Å². The Bertz CT molecular complexity index is 2180. The Kier molecular flexibility index (Phi) is 13.5. The summed E-state index contributed by atoms with van der Waals surface area (Å²) >= 11 is 10.9. The molecule has 6 rings (SSSR count). The van der Waals surface area contributed by atoms with E-state index in [1.807, 2.05) is 4.90 Å². The van der Waals surface area contributed by atoms with Crippen molar-refractivity contribution in [3.63, 3.8) is 0 Å². The van der Waals surface area contributed by atoms with Gasteiger partial charge in [0, 0.05) is 78.9 Å². The molecule has 3 saturated heterocycles. The van der Waals surface area contributed by atoms with E-state index in [2.05, 4.69) is 33.5 Å². The zero-order valence-electron chi connectivity index (χ0n) is 32.5. The largest absolute Gasteiger partial charge is 0.492 e. The van der Waals surface area contributed by atoms with E-state index in [0.29, 0.717) is 61.2 Å². The molecule has 3 aromatic rings. The third-order valence-corrected chi connectivity index (χ3v) is 11.1. The Labute approximate surface area is 353 Å². The predicted octanol–water partition coefficient (Wildman–Crippen LogP) is 5.74. The van der Waals surface area contributed by atoms with Crippen molar-refractivity contribution in [2.75, 3.05) is 66.3 Å². The average molecular weight is 877 g/mol. The van der Waals surface area contributed by atoms with Gasteiger partial charge in [-0.2, -0.15) is 18.4 Å². The Morgan fingerprint density at radius 1 is 1.02 bits per heavy atom. The number of alkyl halides is 5. The van der Waals surface area contributed by atoms with Gasteiger partial charge in [0.1, 0.15) is 23.9 Å². The van der Waals surface area contributed by atoms with Crippen molar-refractivity contribution in [1.29, 1.82) is 5.26 Å². The molecule has 60 heavy (non-hydrogen) atoms. The highest BCUT2D eigenvalue weighted by Gasteiger charge is 2.52. The Morgan fingerprint density at radius 2 is 1.70 bits per heavy atom.